The van der Waals surface area contributed by atoms with Gasteiger partial charge in [-0.25, -0.2) is 4.79 Å². The van der Waals surface area contributed by atoms with Crippen LogP contribution in [-0.4, -0.2) is 93.3 Å². The molecule has 9 nitrogen and oxygen atoms in total. The molecule has 2 fully saturated rings. The molecule has 0 aromatic rings. The van der Waals surface area contributed by atoms with Crippen LogP contribution in [0, 0.1) is 0 Å². The number of morpholine rings is 1. The molecular weight excluding hydrogens is 439 g/mol. The first kappa shape index (κ1) is 21.9. The highest BCUT2D eigenvalue weighted by Crippen LogP contribution is 1.98. The molecule has 2 aliphatic heterocycles. The molecule has 0 saturated carbocycles. The van der Waals surface area contributed by atoms with Crippen molar-refractivity contribution < 1.29 is 14.3 Å². The summed E-state index contributed by atoms with van der Waals surface area (Å²) in [6.45, 7) is 9.05. The third-order valence-corrected chi connectivity index (χ3v) is 3.92. The Morgan fingerprint density at radius 3 is 2.64 bits per heavy atom. The number of hydrogen-bond acceptors (Lipinski definition) is 5. The summed E-state index contributed by atoms with van der Waals surface area (Å²) in [5, 5.41) is 8.83. The second-order valence-corrected chi connectivity index (χ2v) is 5.70. The molecule has 2 rings (SSSR count). The third-order valence-electron chi connectivity index (χ3n) is 3.92. The SMILES string of the molecule is CCNC(=NCCCN1CCOCC1)NCCN1C(=O)CNC1=O.I. The highest BCUT2D eigenvalue weighted by molar-refractivity contribution is 14.0. The number of amides is 3. The first-order valence-electron chi connectivity index (χ1n) is 8.61. The summed E-state index contributed by atoms with van der Waals surface area (Å²) < 4.78 is 5.33. The number of rotatable bonds is 8. The number of carbonyl (C=O) groups is 2. The van der Waals surface area contributed by atoms with Crippen LogP contribution < -0.4 is 16.0 Å². The number of imide groups is 1. The maximum atomic E-state index is 11.5. The van der Waals surface area contributed by atoms with Crippen LogP contribution in [0.2, 0.25) is 0 Å². The summed E-state index contributed by atoms with van der Waals surface area (Å²) >= 11 is 0. The lowest BCUT2D eigenvalue weighted by molar-refractivity contribution is -0.124. The number of nitrogens with one attached hydrogen (secondary N) is 3. The monoisotopic (exact) mass is 468 g/mol. The lowest BCUT2D eigenvalue weighted by Crippen LogP contribution is -2.43. The molecule has 3 amide bonds. The van der Waals surface area contributed by atoms with Gasteiger partial charge in [0.1, 0.15) is 0 Å². The van der Waals surface area contributed by atoms with E-state index in [-0.39, 0.29) is 42.5 Å². The van der Waals surface area contributed by atoms with E-state index in [1.54, 1.807) is 0 Å². The molecule has 0 unspecified atom stereocenters. The van der Waals surface area contributed by atoms with Gasteiger partial charge in [0.2, 0.25) is 5.91 Å². The number of carbonyl (C=O) groups excluding carboxylic acids is 2. The van der Waals surface area contributed by atoms with Gasteiger partial charge in [-0.15, -0.1) is 24.0 Å². The molecule has 25 heavy (non-hydrogen) atoms. The van der Waals surface area contributed by atoms with Crippen molar-refractivity contribution in [3.8, 4) is 0 Å². The molecule has 10 heteroatoms. The lowest BCUT2D eigenvalue weighted by atomic mass is 10.3. The quantitative estimate of drug-likeness (QED) is 0.145. The van der Waals surface area contributed by atoms with Crippen LogP contribution in [0.1, 0.15) is 13.3 Å². The molecule has 3 N–H and O–H groups in total. The molecule has 0 atom stereocenters. The number of ether oxygens (including phenoxy) is 1. The molecular formula is C15H29IN6O3. The highest BCUT2D eigenvalue weighted by atomic mass is 127. The fraction of sp³-hybridized carbons (Fsp3) is 0.800. The van der Waals surface area contributed by atoms with Gasteiger partial charge >= 0.3 is 6.03 Å². The Labute approximate surface area is 165 Å². The van der Waals surface area contributed by atoms with E-state index in [1.165, 1.54) is 4.90 Å². The van der Waals surface area contributed by atoms with Crippen LogP contribution >= 0.6 is 24.0 Å². The number of halogens is 1. The fourth-order valence-electron chi connectivity index (χ4n) is 2.62. The maximum absolute atomic E-state index is 11.5. The minimum Gasteiger partial charge on any atom is -0.379 e. The van der Waals surface area contributed by atoms with Gasteiger partial charge < -0.3 is 20.7 Å². The minimum atomic E-state index is -0.325. The second-order valence-electron chi connectivity index (χ2n) is 5.70. The number of guanidine groups is 1. The van der Waals surface area contributed by atoms with Gasteiger partial charge in [0.25, 0.3) is 0 Å². The van der Waals surface area contributed by atoms with Crippen molar-refractivity contribution in [2.24, 2.45) is 4.99 Å². The van der Waals surface area contributed by atoms with E-state index in [0.29, 0.717) is 19.0 Å². The summed E-state index contributed by atoms with van der Waals surface area (Å²) in [5.41, 5.74) is 0. The van der Waals surface area contributed by atoms with E-state index in [2.05, 4.69) is 25.8 Å². The van der Waals surface area contributed by atoms with Crippen molar-refractivity contribution in [2.75, 3.05) is 65.6 Å². The molecule has 0 aromatic carbocycles. The zero-order chi connectivity index (χ0) is 17.2. The first-order valence-corrected chi connectivity index (χ1v) is 8.61. The van der Waals surface area contributed by atoms with Gasteiger partial charge in [-0.2, -0.15) is 0 Å². The van der Waals surface area contributed by atoms with Gasteiger partial charge in [0.05, 0.1) is 19.8 Å². The Morgan fingerprint density at radius 2 is 2.00 bits per heavy atom. The van der Waals surface area contributed by atoms with Crippen LogP contribution in [0.3, 0.4) is 0 Å². The standard InChI is InChI=1S/C15H28N6O3.HI/c1-2-16-14(17-4-3-6-20-8-10-24-11-9-20)18-5-7-21-13(22)12-19-15(21)23;/h2-12H2,1H3,(H,19,23)(H2,16,17,18);1H. The van der Waals surface area contributed by atoms with Crippen LogP contribution in [0.5, 0.6) is 0 Å². The molecule has 0 spiro atoms. The number of aliphatic imine (C=N–C) groups is 1. The third kappa shape index (κ3) is 7.74. The van der Waals surface area contributed by atoms with Gasteiger partial charge in [0.15, 0.2) is 5.96 Å². The largest absolute Gasteiger partial charge is 0.379 e. The summed E-state index contributed by atoms with van der Waals surface area (Å²) in [7, 11) is 0. The van der Waals surface area contributed by atoms with Crippen LogP contribution in [-0.2, 0) is 9.53 Å². The number of urea groups is 1. The van der Waals surface area contributed by atoms with E-state index in [4.69, 9.17) is 4.74 Å². The normalized spacial score (nSPS) is 18.8. The minimum absolute atomic E-state index is 0. The zero-order valence-electron chi connectivity index (χ0n) is 14.8. The number of hydrogen-bond donors (Lipinski definition) is 3. The van der Waals surface area contributed by atoms with Crippen molar-refractivity contribution in [1.82, 2.24) is 25.8 Å². The summed E-state index contributed by atoms with van der Waals surface area (Å²) in [4.78, 5) is 31.1. The fourth-order valence-corrected chi connectivity index (χ4v) is 2.62. The van der Waals surface area contributed by atoms with Crippen molar-refractivity contribution in [1.29, 1.82) is 0 Å². The Balaban J connectivity index is 0.00000312. The topological polar surface area (TPSA) is 98.3 Å². The van der Waals surface area contributed by atoms with Gasteiger partial charge in [-0.1, -0.05) is 0 Å². The van der Waals surface area contributed by atoms with E-state index >= 15 is 0 Å². The van der Waals surface area contributed by atoms with Crippen LogP contribution in [0.4, 0.5) is 4.79 Å². The second kappa shape index (κ2) is 12.3. The van der Waals surface area contributed by atoms with Gasteiger partial charge in [0, 0.05) is 45.8 Å². The Morgan fingerprint density at radius 1 is 1.24 bits per heavy atom. The average Bonchev–Trinajstić information content (AvgIpc) is 2.91. The Bertz CT molecular complexity index is 441. The lowest BCUT2D eigenvalue weighted by Gasteiger charge is -2.26. The molecule has 0 bridgehead atoms. The van der Waals surface area contributed by atoms with Crippen molar-refractivity contribution >= 4 is 41.9 Å². The van der Waals surface area contributed by atoms with Crippen molar-refractivity contribution in [3.63, 3.8) is 0 Å². The van der Waals surface area contributed by atoms with Gasteiger partial charge in [-0.05, 0) is 13.3 Å². The molecule has 0 radical (unpaired) electrons. The predicted molar refractivity (Wildman–Crippen MR) is 106 cm³/mol. The Hall–Kier alpha value is -1.14. The first-order chi connectivity index (χ1) is 11.7. The van der Waals surface area contributed by atoms with E-state index in [1.807, 2.05) is 6.92 Å². The summed E-state index contributed by atoms with van der Waals surface area (Å²) in [6, 6.07) is -0.325. The molecule has 2 aliphatic rings. The van der Waals surface area contributed by atoms with Crippen molar-refractivity contribution in [2.45, 2.75) is 13.3 Å². The smallest absolute Gasteiger partial charge is 0.324 e. The molecule has 144 valence electrons. The zero-order valence-corrected chi connectivity index (χ0v) is 17.1. The summed E-state index contributed by atoms with van der Waals surface area (Å²) in [5.74, 6) is 0.529. The Kier molecular flexibility index (Phi) is 10.7. The van der Waals surface area contributed by atoms with Crippen LogP contribution in [0.15, 0.2) is 4.99 Å². The van der Waals surface area contributed by atoms with E-state index < -0.39 is 0 Å². The van der Waals surface area contributed by atoms with E-state index in [9.17, 15) is 9.59 Å². The highest BCUT2D eigenvalue weighted by Gasteiger charge is 2.27. The molecule has 2 saturated heterocycles. The molecule has 0 aromatic heterocycles. The summed E-state index contributed by atoms with van der Waals surface area (Å²) in [6.07, 6.45) is 0.990. The van der Waals surface area contributed by atoms with E-state index in [0.717, 1.165) is 52.4 Å². The molecule has 0 aliphatic carbocycles. The van der Waals surface area contributed by atoms with Gasteiger partial charge in [-0.3, -0.25) is 19.6 Å². The maximum Gasteiger partial charge on any atom is 0.324 e. The number of nitrogens with zero attached hydrogens (tertiary/aromatic N) is 3. The van der Waals surface area contributed by atoms with Crippen molar-refractivity contribution in [3.05, 3.63) is 0 Å². The average molecular weight is 468 g/mol. The molecule has 2 heterocycles. The predicted octanol–water partition coefficient (Wildman–Crippen LogP) is -0.566. The van der Waals surface area contributed by atoms with Crippen LogP contribution in [0.25, 0.3) is 0 Å².